The van der Waals surface area contributed by atoms with E-state index in [4.69, 9.17) is 38.4 Å². The first-order valence-electron chi connectivity index (χ1n) is 10.7. The van der Waals surface area contributed by atoms with Gasteiger partial charge in [-0.3, -0.25) is 5.21 Å². The fourth-order valence-corrected chi connectivity index (χ4v) is 5.07. The van der Waals surface area contributed by atoms with Crippen LogP contribution in [0.1, 0.15) is 22.6 Å². The number of hydrogen-bond acceptors (Lipinski definition) is 7. The van der Waals surface area contributed by atoms with E-state index >= 15 is 0 Å². The first-order chi connectivity index (χ1) is 15.9. The van der Waals surface area contributed by atoms with Gasteiger partial charge in [-0.1, -0.05) is 35.3 Å². The SMILES string of the molecule is CN1Cc2c(Cl)cc(Cl)cc2C(c2ccc(S(=O)N(O)NCCOCCOCCN)cc2)C1. The number of likely N-dealkylation sites (N-methyl/N-ethyl adjacent to an activating group) is 1. The molecule has 0 radical (unpaired) electrons. The van der Waals surface area contributed by atoms with E-state index in [1.807, 2.05) is 18.2 Å². The second-order valence-electron chi connectivity index (χ2n) is 7.72. The van der Waals surface area contributed by atoms with Gasteiger partial charge in [0.05, 0.1) is 31.3 Å². The highest BCUT2D eigenvalue weighted by Gasteiger charge is 2.27. The van der Waals surface area contributed by atoms with E-state index in [1.54, 1.807) is 18.2 Å². The van der Waals surface area contributed by atoms with Crippen molar-refractivity contribution in [1.82, 2.24) is 14.9 Å². The normalized spacial score (nSPS) is 17.3. The van der Waals surface area contributed by atoms with Crippen LogP contribution in [-0.4, -0.2) is 72.0 Å². The predicted octanol–water partition coefficient (Wildman–Crippen LogP) is 2.78. The van der Waals surface area contributed by atoms with E-state index in [-0.39, 0.29) is 5.92 Å². The van der Waals surface area contributed by atoms with Crippen LogP contribution < -0.4 is 11.2 Å². The Morgan fingerprint density at radius 2 is 1.88 bits per heavy atom. The number of nitrogens with two attached hydrogens (primary N) is 1. The molecular formula is C22H30Cl2N4O4S. The Labute approximate surface area is 207 Å². The summed E-state index contributed by atoms with van der Waals surface area (Å²) in [5.41, 5.74) is 11.2. The second-order valence-corrected chi connectivity index (χ2v) is 9.88. The molecule has 1 aliphatic rings. The first kappa shape index (κ1) is 26.5. The fraction of sp³-hybridized carbons (Fsp3) is 0.455. The van der Waals surface area contributed by atoms with Crippen LogP contribution in [0.15, 0.2) is 41.3 Å². The number of nitrogens with zero attached hydrogens (tertiary/aromatic N) is 2. The molecule has 182 valence electrons. The van der Waals surface area contributed by atoms with Crippen LogP contribution in [0.4, 0.5) is 0 Å². The van der Waals surface area contributed by atoms with Gasteiger partial charge in [-0.2, -0.15) is 0 Å². The van der Waals surface area contributed by atoms with Crippen molar-refractivity contribution in [3.63, 3.8) is 0 Å². The number of halogens is 2. The molecule has 8 nitrogen and oxygen atoms in total. The molecule has 4 N–H and O–H groups in total. The van der Waals surface area contributed by atoms with Crippen molar-refractivity contribution in [1.29, 1.82) is 0 Å². The molecule has 0 spiro atoms. The van der Waals surface area contributed by atoms with Gasteiger partial charge in [0.25, 0.3) is 0 Å². The zero-order valence-electron chi connectivity index (χ0n) is 18.5. The molecule has 0 saturated carbocycles. The smallest absolute Gasteiger partial charge is 0.166 e. The third kappa shape index (κ3) is 7.43. The molecule has 0 amide bonds. The van der Waals surface area contributed by atoms with Crippen molar-refractivity contribution in [2.75, 3.05) is 53.1 Å². The molecule has 1 heterocycles. The Hall–Kier alpha value is -1.11. The van der Waals surface area contributed by atoms with Crippen LogP contribution in [0.5, 0.6) is 0 Å². The Morgan fingerprint density at radius 3 is 2.58 bits per heavy atom. The van der Waals surface area contributed by atoms with E-state index in [0.717, 1.165) is 29.8 Å². The van der Waals surface area contributed by atoms with Crippen LogP contribution >= 0.6 is 23.2 Å². The summed E-state index contributed by atoms with van der Waals surface area (Å²) in [6.07, 6.45) is 0. The van der Waals surface area contributed by atoms with Gasteiger partial charge in [0.1, 0.15) is 0 Å². The van der Waals surface area contributed by atoms with E-state index in [9.17, 15) is 9.42 Å². The van der Waals surface area contributed by atoms with E-state index < -0.39 is 11.0 Å². The minimum atomic E-state index is -1.78. The van der Waals surface area contributed by atoms with Crippen LogP contribution in [0.25, 0.3) is 0 Å². The highest BCUT2D eigenvalue weighted by Crippen LogP contribution is 2.38. The maximum Gasteiger partial charge on any atom is 0.166 e. The van der Waals surface area contributed by atoms with Crippen molar-refractivity contribution < 1.29 is 18.9 Å². The quantitative estimate of drug-likeness (QED) is 0.294. The topological polar surface area (TPSA) is 100 Å². The lowest BCUT2D eigenvalue weighted by molar-refractivity contribution is -0.0463. The Kier molecular flexibility index (Phi) is 10.5. The molecule has 2 atom stereocenters. The minimum Gasteiger partial charge on any atom is -0.378 e. The molecular weight excluding hydrogens is 487 g/mol. The number of rotatable bonds is 12. The Balaban J connectivity index is 1.56. The maximum atomic E-state index is 12.6. The van der Waals surface area contributed by atoms with Gasteiger partial charge in [0, 0.05) is 42.1 Å². The summed E-state index contributed by atoms with van der Waals surface area (Å²) in [6.45, 7) is 4.06. The summed E-state index contributed by atoms with van der Waals surface area (Å²) in [6, 6.07) is 11.1. The van der Waals surface area contributed by atoms with Crippen molar-refractivity contribution in [3.8, 4) is 0 Å². The van der Waals surface area contributed by atoms with Crippen molar-refractivity contribution in [3.05, 3.63) is 63.1 Å². The first-order valence-corrected chi connectivity index (χ1v) is 12.5. The summed E-state index contributed by atoms with van der Waals surface area (Å²) in [5.74, 6) is 0.0896. The summed E-state index contributed by atoms with van der Waals surface area (Å²) in [4.78, 5) is 2.68. The zero-order chi connectivity index (χ0) is 23.8. The average Bonchev–Trinajstić information content (AvgIpc) is 2.80. The molecule has 2 aromatic rings. The monoisotopic (exact) mass is 516 g/mol. The number of benzene rings is 2. The lowest BCUT2D eigenvalue weighted by atomic mass is 9.85. The lowest BCUT2D eigenvalue weighted by Crippen LogP contribution is -2.38. The van der Waals surface area contributed by atoms with E-state index in [2.05, 4.69) is 17.4 Å². The molecule has 1 aliphatic heterocycles. The van der Waals surface area contributed by atoms with Crippen molar-refractivity contribution in [2.24, 2.45) is 5.73 Å². The molecule has 0 aromatic heterocycles. The minimum absolute atomic E-state index is 0.0896. The van der Waals surface area contributed by atoms with Crippen LogP contribution in [0.2, 0.25) is 10.0 Å². The molecule has 0 bridgehead atoms. The van der Waals surface area contributed by atoms with E-state index in [1.165, 1.54) is 0 Å². The van der Waals surface area contributed by atoms with Crippen molar-refractivity contribution >= 4 is 34.2 Å². The molecule has 2 aromatic carbocycles. The van der Waals surface area contributed by atoms with Crippen LogP contribution in [0, 0.1) is 0 Å². The lowest BCUT2D eigenvalue weighted by Gasteiger charge is -2.33. The van der Waals surface area contributed by atoms with Crippen LogP contribution in [-0.2, 0) is 27.0 Å². The molecule has 11 heteroatoms. The molecule has 0 fully saturated rings. The van der Waals surface area contributed by atoms with Gasteiger partial charge in [-0.25, -0.2) is 9.63 Å². The molecule has 0 aliphatic carbocycles. The number of hydrogen-bond donors (Lipinski definition) is 3. The fourth-order valence-electron chi connectivity index (χ4n) is 3.72. The number of fused-ring (bicyclic) bond motifs is 1. The van der Waals surface area contributed by atoms with Gasteiger partial charge < -0.3 is 20.1 Å². The Bertz CT molecular complexity index is 935. The summed E-state index contributed by atoms with van der Waals surface area (Å²) >= 11 is 12.7. The second kappa shape index (κ2) is 13.1. The van der Waals surface area contributed by atoms with E-state index in [0.29, 0.717) is 59.0 Å². The number of nitrogens with one attached hydrogen (secondary N) is 1. The van der Waals surface area contributed by atoms with Gasteiger partial charge in [0.2, 0.25) is 0 Å². The molecule has 33 heavy (non-hydrogen) atoms. The van der Waals surface area contributed by atoms with Gasteiger partial charge >= 0.3 is 0 Å². The van der Waals surface area contributed by atoms with Crippen LogP contribution in [0.3, 0.4) is 0 Å². The molecule has 0 saturated heterocycles. The summed E-state index contributed by atoms with van der Waals surface area (Å²) in [5, 5.41) is 11.4. The van der Waals surface area contributed by atoms with Gasteiger partial charge in [-0.15, -0.1) is 0 Å². The zero-order valence-corrected chi connectivity index (χ0v) is 20.8. The molecule has 3 rings (SSSR count). The molecule has 2 unspecified atom stereocenters. The standard InChI is InChI=1S/C22H30Cl2N4O4S/c1-27-14-20(19-12-17(23)13-22(24)21(19)15-27)16-2-4-18(5-3-16)33(30)28(29)26-7-9-32-11-10-31-8-6-25/h2-5,12-13,20,26,29H,6-11,14-15,25H2,1H3. The maximum absolute atomic E-state index is 12.6. The van der Waals surface area contributed by atoms with Crippen molar-refractivity contribution in [2.45, 2.75) is 17.4 Å². The summed E-state index contributed by atoms with van der Waals surface area (Å²) < 4.78 is 23.8. The van der Waals surface area contributed by atoms with Gasteiger partial charge in [0.15, 0.2) is 11.0 Å². The number of ether oxygens (including phenoxy) is 2. The van der Waals surface area contributed by atoms with Gasteiger partial charge in [-0.05, 0) is 52.6 Å². The third-order valence-electron chi connectivity index (χ3n) is 5.26. The average molecular weight is 517 g/mol. The highest BCUT2D eigenvalue weighted by molar-refractivity contribution is 7.82. The predicted molar refractivity (Wildman–Crippen MR) is 130 cm³/mol. The number of hydrazine groups is 1. The third-order valence-corrected chi connectivity index (χ3v) is 6.94. The largest absolute Gasteiger partial charge is 0.378 e. The highest BCUT2D eigenvalue weighted by atomic mass is 35.5. The summed E-state index contributed by atoms with van der Waals surface area (Å²) in [7, 11) is 0.271. The Morgan fingerprint density at radius 1 is 1.18 bits per heavy atom.